The molecule has 0 aromatic carbocycles. The highest BCUT2D eigenvalue weighted by atomic mass is 16.5. The zero-order valence-corrected chi connectivity index (χ0v) is 13.8. The second-order valence-electron chi connectivity index (χ2n) is 5.97. The van der Waals surface area contributed by atoms with Crippen molar-refractivity contribution in [1.29, 1.82) is 0 Å². The molecular formula is C16H25N5O2. The average molecular weight is 319 g/mol. The summed E-state index contributed by atoms with van der Waals surface area (Å²) in [4.78, 5) is 18.3. The summed E-state index contributed by atoms with van der Waals surface area (Å²) in [5.74, 6) is 2.07. The zero-order valence-electron chi connectivity index (χ0n) is 13.8. The molecule has 0 saturated carbocycles. The topological polar surface area (TPSA) is 61.8 Å². The molecule has 23 heavy (non-hydrogen) atoms. The average Bonchev–Trinajstić information content (AvgIpc) is 2.63. The van der Waals surface area contributed by atoms with Crippen LogP contribution in [-0.2, 0) is 9.53 Å². The predicted octanol–water partition coefficient (Wildman–Crippen LogP) is 0.762. The van der Waals surface area contributed by atoms with Crippen LogP contribution in [0, 0.1) is 0 Å². The lowest BCUT2D eigenvalue weighted by Crippen LogP contribution is -2.49. The molecule has 2 saturated heterocycles. The van der Waals surface area contributed by atoms with E-state index in [0.29, 0.717) is 6.42 Å². The molecule has 0 radical (unpaired) electrons. The second kappa shape index (κ2) is 7.59. The van der Waals surface area contributed by atoms with E-state index in [4.69, 9.17) is 4.74 Å². The fourth-order valence-electron chi connectivity index (χ4n) is 3.00. The van der Waals surface area contributed by atoms with Crippen LogP contribution in [0.5, 0.6) is 0 Å². The number of rotatable bonds is 4. The lowest BCUT2D eigenvalue weighted by molar-refractivity contribution is -0.131. The molecule has 2 aliphatic heterocycles. The number of nitrogens with zero attached hydrogens (tertiary/aromatic N) is 5. The minimum Gasteiger partial charge on any atom is -0.378 e. The Morgan fingerprint density at radius 3 is 2.09 bits per heavy atom. The van der Waals surface area contributed by atoms with Crippen molar-refractivity contribution in [2.45, 2.75) is 19.8 Å². The van der Waals surface area contributed by atoms with Crippen LogP contribution in [0.2, 0.25) is 0 Å². The first-order chi connectivity index (χ1) is 11.3. The van der Waals surface area contributed by atoms with E-state index in [9.17, 15) is 4.79 Å². The van der Waals surface area contributed by atoms with Gasteiger partial charge in [0.15, 0.2) is 11.6 Å². The van der Waals surface area contributed by atoms with Crippen LogP contribution < -0.4 is 9.80 Å². The van der Waals surface area contributed by atoms with Crippen LogP contribution in [0.4, 0.5) is 11.6 Å². The van der Waals surface area contributed by atoms with Gasteiger partial charge >= 0.3 is 0 Å². The number of amides is 1. The van der Waals surface area contributed by atoms with Gasteiger partial charge in [-0.3, -0.25) is 4.79 Å². The molecule has 2 aliphatic rings. The van der Waals surface area contributed by atoms with Crippen molar-refractivity contribution in [3.63, 3.8) is 0 Å². The Kier molecular flexibility index (Phi) is 5.27. The molecule has 0 spiro atoms. The highest BCUT2D eigenvalue weighted by Gasteiger charge is 2.22. The van der Waals surface area contributed by atoms with Crippen molar-refractivity contribution in [3.8, 4) is 0 Å². The van der Waals surface area contributed by atoms with E-state index in [1.807, 2.05) is 24.0 Å². The predicted molar refractivity (Wildman–Crippen MR) is 88.8 cm³/mol. The van der Waals surface area contributed by atoms with Crippen molar-refractivity contribution in [1.82, 2.24) is 15.1 Å². The second-order valence-corrected chi connectivity index (χ2v) is 5.97. The molecule has 1 aromatic heterocycles. The summed E-state index contributed by atoms with van der Waals surface area (Å²) in [7, 11) is 0. The third-order valence-electron chi connectivity index (χ3n) is 4.39. The van der Waals surface area contributed by atoms with Crippen molar-refractivity contribution >= 4 is 17.5 Å². The van der Waals surface area contributed by atoms with Gasteiger partial charge in [-0.05, 0) is 18.6 Å². The van der Waals surface area contributed by atoms with Gasteiger partial charge in [0.25, 0.3) is 0 Å². The Morgan fingerprint density at radius 2 is 1.57 bits per heavy atom. The number of anilines is 2. The summed E-state index contributed by atoms with van der Waals surface area (Å²) in [5.41, 5.74) is 0. The lowest BCUT2D eigenvalue weighted by Gasteiger charge is -2.35. The molecule has 7 heteroatoms. The largest absolute Gasteiger partial charge is 0.378 e. The number of carbonyl (C=O) groups excluding carboxylic acids is 1. The molecular weight excluding hydrogens is 294 g/mol. The van der Waals surface area contributed by atoms with E-state index in [0.717, 1.165) is 70.5 Å². The molecule has 3 rings (SSSR count). The van der Waals surface area contributed by atoms with Gasteiger partial charge < -0.3 is 19.4 Å². The summed E-state index contributed by atoms with van der Waals surface area (Å²) in [6, 6.07) is 4.06. The molecule has 7 nitrogen and oxygen atoms in total. The SMILES string of the molecule is CCCC(=O)N1CCN(c2ccc(N3CCOCC3)nn2)CC1. The highest BCUT2D eigenvalue weighted by Crippen LogP contribution is 2.17. The minimum atomic E-state index is 0.265. The number of carbonyl (C=O) groups is 1. The van der Waals surface area contributed by atoms with Crippen LogP contribution in [0.1, 0.15) is 19.8 Å². The van der Waals surface area contributed by atoms with Crippen LogP contribution in [0.15, 0.2) is 12.1 Å². The third kappa shape index (κ3) is 3.90. The maximum Gasteiger partial charge on any atom is 0.222 e. The molecule has 1 aromatic rings. The van der Waals surface area contributed by atoms with Crippen LogP contribution in [0.25, 0.3) is 0 Å². The first-order valence-electron chi connectivity index (χ1n) is 8.47. The number of hydrogen-bond donors (Lipinski definition) is 0. The quantitative estimate of drug-likeness (QED) is 0.817. The van der Waals surface area contributed by atoms with E-state index in [-0.39, 0.29) is 5.91 Å². The minimum absolute atomic E-state index is 0.265. The van der Waals surface area contributed by atoms with E-state index in [2.05, 4.69) is 20.0 Å². The summed E-state index contributed by atoms with van der Waals surface area (Å²) >= 11 is 0. The van der Waals surface area contributed by atoms with Gasteiger partial charge in [0.2, 0.25) is 5.91 Å². The molecule has 0 atom stereocenters. The fourth-order valence-corrected chi connectivity index (χ4v) is 3.00. The summed E-state index contributed by atoms with van der Waals surface area (Å²) in [5, 5.41) is 8.73. The standard InChI is InChI=1S/C16H25N5O2/c1-2-3-16(22)21-8-6-19(7-9-21)14-4-5-15(18-17-14)20-10-12-23-13-11-20/h4-5H,2-3,6-13H2,1H3. The highest BCUT2D eigenvalue weighted by molar-refractivity contribution is 5.76. The first kappa shape index (κ1) is 16.0. The monoisotopic (exact) mass is 319 g/mol. The van der Waals surface area contributed by atoms with Gasteiger partial charge in [0, 0.05) is 45.7 Å². The van der Waals surface area contributed by atoms with Gasteiger partial charge in [0.05, 0.1) is 13.2 Å². The van der Waals surface area contributed by atoms with Gasteiger partial charge in [-0.15, -0.1) is 10.2 Å². The first-order valence-corrected chi connectivity index (χ1v) is 8.47. The van der Waals surface area contributed by atoms with E-state index < -0.39 is 0 Å². The molecule has 0 bridgehead atoms. The van der Waals surface area contributed by atoms with E-state index >= 15 is 0 Å². The van der Waals surface area contributed by atoms with Crippen LogP contribution >= 0.6 is 0 Å². The molecule has 2 fully saturated rings. The van der Waals surface area contributed by atoms with Crippen molar-refractivity contribution in [2.75, 3.05) is 62.3 Å². The number of ether oxygens (including phenoxy) is 1. The van der Waals surface area contributed by atoms with Crippen molar-refractivity contribution in [3.05, 3.63) is 12.1 Å². The number of hydrogen-bond acceptors (Lipinski definition) is 6. The maximum atomic E-state index is 11.9. The van der Waals surface area contributed by atoms with Gasteiger partial charge in [0.1, 0.15) is 0 Å². The molecule has 126 valence electrons. The maximum absolute atomic E-state index is 11.9. The normalized spacial score (nSPS) is 19.1. The lowest BCUT2D eigenvalue weighted by atomic mass is 10.2. The summed E-state index contributed by atoms with van der Waals surface area (Å²) in [6.45, 7) is 8.45. The van der Waals surface area contributed by atoms with Gasteiger partial charge in [-0.2, -0.15) is 0 Å². The van der Waals surface area contributed by atoms with Crippen LogP contribution in [-0.4, -0.2) is 73.5 Å². The Morgan fingerprint density at radius 1 is 1.00 bits per heavy atom. The van der Waals surface area contributed by atoms with Crippen molar-refractivity contribution in [2.24, 2.45) is 0 Å². The number of aromatic nitrogens is 2. The molecule has 3 heterocycles. The van der Waals surface area contributed by atoms with Gasteiger partial charge in [-0.1, -0.05) is 6.92 Å². The smallest absolute Gasteiger partial charge is 0.222 e. The number of morpholine rings is 1. The fraction of sp³-hybridized carbons (Fsp3) is 0.688. The molecule has 0 aliphatic carbocycles. The molecule has 0 N–H and O–H groups in total. The summed E-state index contributed by atoms with van der Waals surface area (Å²) in [6.07, 6.45) is 1.56. The van der Waals surface area contributed by atoms with Crippen LogP contribution in [0.3, 0.4) is 0 Å². The zero-order chi connectivity index (χ0) is 16.1. The van der Waals surface area contributed by atoms with E-state index in [1.165, 1.54) is 0 Å². The molecule has 0 unspecified atom stereocenters. The van der Waals surface area contributed by atoms with Crippen molar-refractivity contribution < 1.29 is 9.53 Å². The number of piperazine rings is 1. The Bertz CT molecular complexity index is 508. The Hall–Kier alpha value is -1.89. The summed E-state index contributed by atoms with van der Waals surface area (Å²) < 4.78 is 5.36. The van der Waals surface area contributed by atoms with Gasteiger partial charge in [-0.25, -0.2) is 0 Å². The third-order valence-corrected chi connectivity index (χ3v) is 4.39. The Labute approximate surface area is 137 Å². The molecule has 1 amide bonds. The Balaban J connectivity index is 1.55. The van der Waals surface area contributed by atoms with E-state index in [1.54, 1.807) is 0 Å².